The van der Waals surface area contributed by atoms with Gasteiger partial charge in [0.25, 0.3) is 0 Å². The largest absolute Gasteiger partial charge is 0.490 e. The standard InChI is InChI=1S/C20H19ClO3/c1-3-13-24-19-12-6-15(14-20(19)23-4-2)5-11-18(22)16-7-9-17(21)10-8-16/h3,5-12,14H,1,4,13H2,2H3/b11-5+. The number of ether oxygens (including phenoxy) is 2. The summed E-state index contributed by atoms with van der Waals surface area (Å²) in [6, 6.07) is 12.3. The first-order valence-corrected chi connectivity index (χ1v) is 8.00. The van der Waals surface area contributed by atoms with Crippen LogP contribution in [0.2, 0.25) is 5.02 Å². The van der Waals surface area contributed by atoms with Gasteiger partial charge in [-0.05, 0) is 55.0 Å². The van der Waals surface area contributed by atoms with Gasteiger partial charge in [0.05, 0.1) is 6.61 Å². The third kappa shape index (κ3) is 5.00. The smallest absolute Gasteiger partial charge is 0.185 e. The van der Waals surface area contributed by atoms with Crippen LogP contribution >= 0.6 is 11.6 Å². The summed E-state index contributed by atoms with van der Waals surface area (Å²) in [7, 11) is 0. The predicted molar refractivity (Wildman–Crippen MR) is 98.1 cm³/mol. The van der Waals surface area contributed by atoms with Crippen LogP contribution in [0.25, 0.3) is 6.08 Å². The number of carbonyl (C=O) groups excluding carboxylic acids is 1. The maximum Gasteiger partial charge on any atom is 0.185 e. The zero-order chi connectivity index (χ0) is 17.4. The van der Waals surface area contributed by atoms with Gasteiger partial charge in [0.15, 0.2) is 17.3 Å². The molecule has 0 atom stereocenters. The van der Waals surface area contributed by atoms with Gasteiger partial charge in [0, 0.05) is 10.6 Å². The summed E-state index contributed by atoms with van der Waals surface area (Å²) in [5.41, 5.74) is 1.44. The van der Waals surface area contributed by atoms with Crippen LogP contribution in [0.1, 0.15) is 22.8 Å². The van der Waals surface area contributed by atoms with Gasteiger partial charge >= 0.3 is 0 Å². The number of halogens is 1. The highest BCUT2D eigenvalue weighted by molar-refractivity contribution is 6.30. The van der Waals surface area contributed by atoms with E-state index in [1.165, 1.54) is 6.08 Å². The highest BCUT2D eigenvalue weighted by Gasteiger charge is 2.06. The van der Waals surface area contributed by atoms with Gasteiger partial charge in [-0.1, -0.05) is 36.4 Å². The van der Waals surface area contributed by atoms with Crippen LogP contribution in [-0.2, 0) is 0 Å². The Labute approximate surface area is 147 Å². The Hall–Kier alpha value is -2.52. The van der Waals surface area contributed by atoms with Crippen molar-refractivity contribution in [1.29, 1.82) is 0 Å². The molecule has 0 fully saturated rings. The van der Waals surface area contributed by atoms with E-state index < -0.39 is 0 Å². The van der Waals surface area contributed by atoms with E-state index >= 15 is 0 Å². The maximum atomic E-state index is 12.2. The molecule has 24 heavy (non-hydrogen) atoms. The van der Waals surface area contributed by atoms with E-state index in [1.807, 2.05) is 25.1 Å². The highest BCUT2D eigenvalue weighted by Crippen LogP contribution is 2.29. The average molecular weight is 343 g/mol. The van der Waals surface area contributed by atoms with Crippen LogP contribution in [0, 0.1) is 0 Å². The molecule has 2 aromatic rings. The first-order chi connectivity index (χ1) is 11.6. The summed E-state index contributed by atoms with van der Waals surface area (Å²) in [5, 5.41) is 0.604. The maximum absolute atomic E-state index is 12.2. The molecule has 0 aliphatic carbocycles. The van der Waals surface area contributed by atoms with E-state index in [4.69, 9.17) is 21.1 Å². The molecule has 0 aromatic heterocycles. The van der Waals surface area contributed by atoms with Gasteiger partial charge in [-0.3, -0.25) is 4.79 Å². The Balaban J connectivity index is 2.16. The van der Waals surface area contributed by atoms with Crippen molar-refractivity contribution in [2.45, 2.75) is 6.92 Å². The lowest BCUT2D eigenvalue weighted by molar-refractivity contribution is 0.104. The van der Waals surface area contributed by atoms with Gasteiger partial charge in [0.1, 0.15) is 6.61 Å². The van der Waals surface area contributed by atoms with Crippen LogP contribution < -0.4 is 9.47 Å². The lowest BCUT2D eigenvalue weighted by atomic mass is 10.1. The first kappa shape index (κ1) is 17.8. The summed E-state index contributed by atoms with van der Waals surface area (Å²) in [6.45, 7) is 6.47. The second-order valence-corrected chi connectivity index (χ2v) is 5.38. The number of benzene rings is 2. The molecule has 0 amide bonds. The molecule has 0 aliphatic heterocycles. The quantitative estimate of drug-likeness (QED) is 0.376. The average Bonchev–Trinajstić information content (AvgIpc) is 2.59. The molecule has 2 rings (SSSR count). The monoisotopic (exact) mass is 342 g/mol. The van der Waals surface area contributed by atoms with Crippen LogP contribution in [0.15, 0.2) is 61.2 Å². The Kier molecular flexibility index (Phi) is 6.64. The van der Waals surface area contributed by atoms with Crippen molar-refractivity contribution in [1.82, 2.24) is 0 Å². The third-order valence-corrected chi connectivity index (χ3v) is 3.43. The molecular formula is C20H19ClO3. The number of allylic oxidation sites excluding steroid dienone is 1. The summed E-state index contributed by atoms with van der Waals surface area (Å²) < 4.78 is 11.1. The first-order valence-electron chi connectivity index (χ1n) is 7.62. The van der Waals surface area contributed by atoms with Gasteiger partial charge in [-0.15, -0.1) is 0 Å². The van der Waals surface area contributed by atoms with Crippen LogP contribution in [-0.4, -0.2) is 19.0 Å². The molecule has 3 nitrogen and oxygen atoms in total. The summed E-state index contributed by atoms with van der Waals surface area (Å²) in [5.74, 6) is 1.20. The van der Waals surface area contributed by atoms with Crippen molar-refractivity contribution in [3.05, 3.63) is 77.3 Å². The van der Waals surface area contributed by atoms with Crippen LogP contribution in [0.3, 0.4) is 0 Å². The zero-order valence-corrected chi connectivity index (χ0v) is 14.3. The fourth-order valence-corrected chi connectivity index (χ4v) is 2.17. The van der Waals surface area contributed by atoms with Crippen molar-refractivity contribution in [3.8, 4) is 11.5 Å². The van der Waals surface area contributed by atoms with Crippen molar-refractivity contribution in [2.24, 2.45) is 0 Å². The van der Waals surface area contributed by atoms with Crippen LogP contribution in [0.5, 0.6) is 11.5 Å². The van der Waals surface area contributed by atoms with E-state index in [0.29, 0.717) is 35.3 Å². The van der Waals surface area contributed by atoms with Crippen molar-refractivity contribution in [3.63, 3.8) is 0 Å². The number of carbonyl (C=O) groups is 1. The molecule has 0 bridgehead atoms. The van der Waals surface area contributed by atoms with Crippen molar-refractivity contribution < 1.29 is 14.3 Å². The lowest BCUT2D eigenvalue weighted by Crippen LogP contribution is -1.99. The van der Waals surface area contributed by atoms with Crippen molar-refractivity contribution in [2.75, 3.05) is 13.2 Å². The minimum absolute atomic E-state index is 0.0865. The molecular weight excluding hydrogens is 324 g/mol. The fourth-order valence-electron chi connectivity index (χ4n) is 2.05. The van der Waals surface area contributed by atoms with Gasteiger partial charge in [0.2, 0.25) is 0 Å². The Bertz CT molecular complexity index is 733. The molecule has 0 saturated carbocycles. The summed E-state index contributed by atoms with van der Waals surface area (Å²) in [6.07, 6.45) is 4.95. The molecule has 0 unspecified atom stereocenters. The molecule has 124 valence electrons. The predicted octanol–water partition coefficient (Wildman–Crippen LogP) is 5.20. The van der Waals surface area contributed by atoms with E-state index in [2.05, 4.69) is 6.58 Å². The van der Waals surface area contributed by atoms with Gasteiger partial charge in [-0.25, -0.2) is 0 Å². The molecule has 2 aromatic carbocycles. The van der Waals surface area contributed by atoms with Crippen molar-refractivity contribution >= 4 is 23.5 Å². The molecule has 0 heterocycles. The van der Waals surface area contributed by atoms with Crippen LogP contribution in [0.4, 0.5) is 0 Å². The minimum atomic E-state index is -0.0865. The Morgan fingerprint density at radius 1 is 1.12 bits per heavy atom. The third-order valence-electron chi connectivity index (χ3n) is 3.18. The van der Waals surface area contributed by atoms with E-state index in [0.717, 1.165) is 5.56 Å². The number of ketones is 1. The molecule has 0 saturated heterocycles. The number of rotatable bonds is 8. The molecule has 4 heteroatoms. The van der Waals surface area contributed by atoms with E-state index in [-0.39, 0.29) is 5.78 Å². The summed E-state index contributed by atoms with van der Waals surface area (Å²) >= 11 is 5.83. The Morgan fingerprint density at radius 3 is 2.54 bits per heavy atom. The molecule has 0 N–H and O–H groups in total. The number of hydrogen-bond donors (Lipinski definition) is 0. The molecule has 0 spiro atoms. The second-order valence-electron chi connectivity index (χ2n) is 4.94. The van der Waals surface area contributed by atoms with E-state index in [1.54, 1.807) is 36.4 Å². The van der Waals surface area contributed by atoms with Gasteiger partial charge in [-0.2, -0.15) is 0 Å². The minimum Gasteiger partial charge on any atom is -0.490 e. The molecule has 0 aliphatic rings. The van der Waals surface area contributed by atoms with Gasteiger partial charge < -0.3 is 9.47 Å². The SMILES string of the molecule is C=CCOc1ccc(/C=C/C(=O)c2ccc(Cl)cc2)cc1OCC. The van der Waals surface area contributed by atoms with E-state index in [9.17, 15) is 4.79 Å². The zero-order valence-electron chi connectivity index (χ0n) is 13.5. The second kappa shape index (κ2) is 8.94. The highest BCUT2D eigenvalue weighted by atomic mass is 35.5. The fraction of sp³-hybridized carbons (Fsp3) is 0.150. The summed E-state index contributed by atoms with van der Waals surface area (Å²) in [4.78, 5) is 12.2. The topological polar surface area (TPSA) is 35.5 Å². The normalized spacial score (nSPS) is 10.6. The number of hydrogen-bond acceptors (Lipinski definition) is 3. The molecule has 0 radical (unpaired) electrons. The lowest BCUT2D eigenvalue weighted by Gasteiger charge is -2.11. The Morgan fingerprint density at radius 2 is 1.88 bits per heavy atom.